The summed E-state index contributed by atoms with van der Waals surface area (Å²) < 4.78 is 33.9. The maximum Gasteiger partial charge on any atom is 0.338 e. The number of ether oxygens (including phenoxy) is 1. The molecule has 8 heteroatoms. The second kappa shape index (κ2) is 11.2. The smallest absolute Gasteiger partial charge is 0.338 e. The van der Waals surface area contributed by atoms with E-state index in [0.29, 0.717) is 29.1 Å². The normalized spacial score (nSPS) is 11.1. The molecule has 184 valence electrons. The number of sulfonamides is 1. The van der Waals surface area contributed by atoms with E-state index in [0.717, 1.165) is 24.0 Å². The van der Waals surface area contributed by atoms with Crippen LogP contribution in [0.4, 0.5) is 11.4 Å². The summed E-state index contributed by atoms with van der Waals surface area (Å²) in [4.78, 5) is 24.9. The first-order valence-corrected chi connectivity index (χ1v) is 12.9. The van der Waals surface area contributed by atoms with Crippen molar-refractivity contribution in [3.63, 3.8) is 0 Å². The molecule has 0 fully saturated rings. The van der Waals surface area contributed by atoms with E-state index in [1.165, 1.54) is 6.07 Å². The highest BCUT2D eigenvalue weighted by molar-refractivity contribution is 7.92. The summed E-state index contributed by atoms with van der Waals surface area (Å²) in [5.41, 5.74) is 4.05. The van der Waals surface area contributed by atoms with Crippen LogP contribution in [0.5, 0.6) is 0 Å². The number of nitrogens with one attached hydrogen (secondary N) is 2. The van der Waals surface area contributed by atoms with Gasteiger partial charge >= 0.3 is 5.97 Å². The number of unbranched alkanes of at least 4 members (excludes halogenated alkanes) is 1. The number of hydrogen-bond donors (Lipinski definition) is 2. The highest BCUT2D eigenvalue weighted by Crippen LogP contribution is 2.23. The van der Waals surface area contributed by atoms with E-state index >= 15 is 0 Å². The zero-order valence-corrected chi connectivity index (χ0v) is 21.2. The third-order valence-corrected chi connectivity index (χ3v) is 7.13. The number of anilines is 2. The van der Waals surface area contributed by atoms with Gasteiger partial charge in [-0.2, -0.15) is 0 Å². The predicted molar refractivity (Wildman–Crippen MR) is 137 cm³/mol. The van der Waals surface area contributed by atoms with Gasteiger partial charge in [0.05, 0.1) is 17.1 Å². The van der Waals surface area contributed by atoms with Crippen molar-refractivity contribution in [1.29, 1.82) is 0 Å². The lowest BCUT2D eigenvalue weighted by atomic mass is 10.1. The van der Waals surface area contributed by atoms with Crippen LogP contribution >= 0.6 is 0 Å². The lowest BCUT2D eigenvalue weighted by Gasteiger charge is -2.13. The van der Waals surface area contributed by atoms with Crippen LogP contribution in [-0.2, 0) is 14.8 Å². The second-order valence-corrected chi connectivity index (χ2v) is 10.1. The summed E-state index contributed by atoms with van der Waals surface area (Å²) in [6.45, 7) is 7.91. The van der Waals surface area contributed by atoms with Gasteiger partial charge in [0.15, 0.2) is 0 Å². The Bertz CT molecular complexity index is 1330. The van der Waals surface area contributed by atoms with Crippen LogP contribution in [0.2, 0.25) is 0 Å². The van der Waals surface area contributed by atoms with Gasteiger partial charge in [0, 0.05) is 16.9 Å². The fourth-order valence-corrected chi connectivity index (χ4v) is 4.65. The molecule has 7 nitrogen and oxygen atoms in total. The number of aryl methyl sites for hydroxylation is 3. The molecule has 1 amide bonds. The Balaban J connectivity index is 1.74. The Labute approximate surface area is 206 Å². The number of rotatable bonds is 9. The molecular formula is C27H30N2O5S. The SMILES string of the molecule is CCCCOC(=O)c1ccc(NC(=O)c2ccc(C)c(S(=O)(=O)Nc3ccc(C)c(C)c3)c2)cc1. The molecule has 2 N–H and O–H groups in total. The van der Waals surface area contributed by atoms with Crippen molar-refractivity contribution in [2.75, 3.05) is 16.6 Å². The molecule has 0 unspecified atom stereocenters. The Morgan fingerprint density at radius 1 is 0.800 bits per heavy atom. The van der Waals surface area contributed by atoms with Crippen LogP contribution < -0.4 is 10.0 Å². The van der Waals surface area contributed by atoms with Gasteiger partial charge in [-0.3, -0.25) is 9.52 Å². The average Bonchev–Trinajstić information content (AvgIpc) is 2.82. The Morgan fingerprint density at radius 2 is 1.43 bits per heavy atom. The minimum atomic E-state index is -3.91. The Morgan fingerprint density at radius 3 is 2.09 bits per heavy atom. The molecule has 3 aromatic carbocycles. The third kappa shape index (κ3) is 6.70. The average molecular weight is 495 g/mol. The van der Waals surface area contributed by atoms with Gasteiger partial charge < -0.3 is 10.1 Å². The molecule has 3 aromatic rings. The van der Waals surface area contributed by atoms with Gasteiger partial charge in [-0.1, -0.05) is 25.5 Å². The van der Waals surface area contributed by atoms with Gasteiger partial charge in [0.1, 0.15) is 0 Å². The molecule has 0 aliphatic carbocycles. The molecule has 0 aliphatic heterocycles. The molecule has 3 rings (SSSR count). The second-order valence-electron chi connectivity index (χ2n) is 8.41. The topological polar surface area (TPSA) is 102 Å². The van der Waals surface area contributed by atoms with E-state index in [1.807, 2.05) is 26.8 Å². The van der Waals surface area contributed by atoms with Crippen LogP contribution in [0.3, 0.4) is 0 Å². The standard InChI is InChI=1S/C27H30N2O5S/c1-5-6-15-34-27(31)21-10-13-23(14-11-21)28-26(30)22-9-7-19(3)25(17-22)35(32,33)29-24-12-8-18(2)20(4)16-24/h7-14,16-17,29H,5-6,15H2,1-4H3,(H,28,30). The molecule has 0 spiro atoms. The summed E-state index contributed by atoms with van der Waals surface area (Å²) in [6, 6.07) is 16.2. The molecule has 0 bridgehead atoms. The van der Waals surface area contributed by atoms with Crippen LogP contribution in [0.1, 0.15) is 57.2 Å². The molecule has 0 radical (unpaired) electrons. The van der Waals surface area contributed by atoms with Crippen LogP contribution in [-0.4, -0.2) is 26.9 Å². The number of carbonyl (C=O) groups excluding carboxylic acids is 2. The minimum absolute atomic E-state index is 0.0218. The zero-order valence-electron chi connectivity index (χ0n) is 20.3. The summed E-state index contributed by atoms with van der Waals surface area (Å²) in [5, 5.41) is 2.73. The van der Waals surface area contributed by atoms with Gasteiger partial charge in [0.2, 0.25) is 0 Å². The van der Waals surface area contributed by atoms with E-state index in [4.69, 9.17) is 4.74 Å². The Kier molecular flexibility index (Phi) is 8.30. The van der Waals surface area contributed by atoms with E-state index in [-0.39, 0.29) is 10.5 Å². The third-order valence-electron chi connectivity index (χ3n) is 5.61. The fraction of sp³-hybridized carbons (Fsp3) is 0.259. The summed E-state index contributed by atoms with van der Waals surface area (Å²) in [5.74, 6) is -0.883. The highest BCUT2D eigenvalue weighted by Gasteiger charge is 2.20. The maximum atomic E-state index is 13.1. The van der Waals surface area contributed by atoms with E-state index in [9.17, 15) is 18.0 Å². The van der Waals surface area contributed by atoms with Crippen LogP contribution in [0.15, 0.2) is 65.6 Å². The molecule has 0 aliphatic rings. The van der Waals surface area contributed by atoms with E-state index < -0.39 is 21.9 Å². The van der Waals surface area contributed by atoms with E-state index in [2.05, 4.69) is 10.0 Å². The van der Waals surface area contributed by atoms with Crippen molar-refractivity contribution in [3.8, 4) is 0 Å². The molecule has 0 saturated heterocycles. The van der Waals surface area contributed by atoms with Gasteiger partial charge in [-0.25, -0.2) is 13.2 Å². The molecule has 0 saturated carbocycles. The molecule has 35 heavy (non-hydrogen) atoms. The monoisotopic (exact) mass is 494 g/mol. The maximum absolute atomic E-state index is 13.1. The fourth-order valence-electron chi connectivity index (χ4n) is 3.33. The quantitative estimate of drug-likeness (QED) is 0.297. The molecular weight excluding hydrogens is 464 g/mol. The lowest BCUT2D eigenvalue weighted by molar-refractivity contribution is 0.0499. The van der Waals surface area contributed by atoms with Crippen LogP contribution in [0.25, 0.3) is 0 Å². The van der Waals surface area contributed by atoms with Crippen molar-refractivity contribution < 1.29 is 22.7 Å². The molecule has 0 heterocycles. The number of carbonyl (C=O) groups is 2. The first-order valence-electron chi connectivity index (χ1n) is 11.4. The number of esters is 1. The van der Waals surface area contributed by atoms with Crippen LogP contribution in [0, 0.1) is 20.8 Å². The minimum Gasteiger partial charge on any atom is -0.462 e. The number of amides is 1. The largest absolute Gasteiger partial charge is 0.462 e. The van der Waals surface area contributed by atoms with Crippen molar-refractivity contribution in [3.05, 3.63) is 88.5 Å². The van der Waals surface area contributed by atoms with Gasteiger partial charge in [-0.15, -0.1) is 0 Å². The van der Waals surface area contributed by atoms with Crippen molar-refractivity contribution in [1.82, 2.24) is 0 Å². The van der Waals surface area contributed by atoms with E-state index in [1.54, 1.807) is 55.5 Å². The van der Waals surface area contributed by atoms with Crippen molar-refractivity contribution in [2.24, 2.45) is 0 Å². The van der Waals surface area contributed by atoms with Gasteiger partial charge in [-0.05, 0) is 92.4 Å². The summed E-state index contributed by atoms with van der Waals surface area (Å²) in [6.07, 6.45) is 1.73. The first-order chi connectivity index (χ1) is 16.6. The number of benzene rings is 3. The Hall–Kier alpha value is -3.65. The van der Waals surface area contributed by atoms with Gasteiger partial charge in [0.25, 0.3) is 15.9 Å². The summed E-state index contributed by atoms with van der Waals surface area (Å²) in [7, 11) is -3.91. The molecule has 0 atom stereocenters. The molecule has 0 aromatic heterocycles. The van der Waals surface area contributed by atoms with Crippen molar-refractivity contribution in [2.45, 2.75) is 45.4 Å². The van der Waals surface area contributed by atoms with Crippen molar-refractivity contribution >= 4 is 33.3 Å². The predicted octanol–water partition coefficient (Wildman–Crippen LogP) is 5.62. The summed E-state index contributed by atoms with van der Waals surface area (Å²) >= 11 is 0. The number of hydrogen-bond acceptors (Lipinski definition) is 5. The lowest BCUT2D eigenvalue weighted by Crippen LogP contribution is -2.17. The zero-order chi connectivity index (χ0) is 25.6. The highest BCUT2D eigenvalue weighted by atomic mass is 32.2. The first kappa shape index (κ1) is 26.0.